The first-order valence-corrected chi connectivity index (χ1v) is 16.8. The second kappa shape index (κ2) is 11.8. The van der Waals surface area contributed by atoms with Crippen molar-refractivity contribution in [3.63, 3.8) is 0 Å². The molecule has 6 aromatic rings. The van der Waals surface area contributed by atoms with Crippen LogP contribution >= 0.6 is 0 Å². The van der Waals surface area contributed by atoms with E-state index in [9.17, 15) is 19.8 Å². The van der Waals surface area contributed by atoms with Crippen molar-refractivity contribution in [3.05, 3.63) is 132 Å². The van der Waals surface area contributed by atoms with Crippen molar-refractivity contribution < 1.29 is 19.8 Å². The molecule has 2 aliphatic heterocycles. The molecule has 4 aromatic carbocycles. The molecule has 0 bridgehead atoms. The van der Waals surface area contributed by atoms with Gasteiger partial charge in [0.2, 0.25) is 0 Å². The largest absolute Gasteiger partial charge is 0.372 e. The van der Waals surface area contributed by atoms with Crippen molar-refractivity contribution in [1.29, 1.82) is 0 Å². The fraction of sp³-hybridized carbons (Fsp3) is 0.250. The van der Waals surface area contributed by atoms with E-state index < -0.39 is 11.2 Å². The molecule has 0 saturated carbocycles. The molecule has 48 heavy (non-hydrogen) atoms. The Morgan fingerprint density at radius 2 is 0.854 bits per heavy atom. The van der Waals surface area contributed by atoms with Crippen LogP contribution in [0.2, 0.25) is 0 Å². The van der Waals surface area contributed by atoms with Gasteiger partial charge in [0.1, 0.15) is 0 Å². The van der Waals surface area contributed by atoms with Crippen molar-refractivity contribution in [2.75, 3.05) is 22.9 Å². The highest BCUT2D eigenvalue weighted by atomic mass is 16.3. The van der Waals surface area contributed by atoms with Gasteiger partial charge in [0.05, 0.1) is 11.4 Å². The number of hydrogen-bond acceptors (Lipinski definition) is 4. The molecule has 2 aromatic heterocycles. The summed E-state index contributed by atoms with van der Waals surface area (Å²) < 4.78 is 0. The van der Waals surface area contributed by atoms with E-state index in [1.54, 1.807) is 22.2 Å². The van der Waals surface area contributed by atoms with E-state index in [4.69, 9.17) is 0 Å². The smallest absolute Gasteiger partial charge is 0.268 e. The van der Waals surface area contributed by atoms with E-state index in [0.29, 0.717) is 35.3 Å². The lowest BCUT2D eigenvalue weighted by Gasteiger charge is -2.23. The number of aromatic nitrogens is 2. The number of aliphatic hydroxyl groups is 2. The number of rotatable bonds is 11. The summed E-state index contributed by atoms with van der Waals surface area (Å²) in [6.45, 7) is 1.07. The van der Waals surface area contributed by atoms with Gasteiger partial charge in [0.25, 0.3) is 11.8 Å². The summed E-state index contributed by atoms with van der Waals surface area (Å²) in [6, 6.07) is 30.5. The van der Waals surface area contributed by atoms with Crippen LogP contribution < -0.4 is 9.80 Å². The summed E-state index contributed by atoms with van der Waals surface area (Å²) in [6.07, 6.45) is 9.03. The number of anilines is 2. The highest BCUT2D eigenvalue weighted by Gasteiger charge is 2.53. The third-order valence-corrected chi connectivity index (χ3v) is 10.3. The van der Waals surface area contributed by atoms with Crippen molar-refractivity contribution in [2.24, 2.45) is 0 Å². The van der Waals surface area contributed by atoms with Crippen molar-refractivity contribution in [3.8, 4) is 0 Å². The molecule has 242 valence electrons. The molecule has 2 atom stereocenters. The molecular formula is C40H38N4O4. The van der Waals surface area contributed by atoms with Gasteiger partial charge in [0, 0.05) is 69.5 Å². The minimum Gasteiger partial charge on any atom is -0.372 e. The third kappa shape index (κ3) is 4.51. The molecule has 0 aliphatic carbocycles. The molecule has 2 amide bonds. The van der Waals surface area contributed by atoms with Gasteiger partial charge in [-0.2, -0.15) is 0 Å². The SMILES string of the molecule is O=C1N(CCCCCCCCN2C(=O)C(O)(c3c[nH]c4ccccc34)c3ccccc32)c2ccccc2C1(O)c1c[nH]c2ccccc12. The van der Waals surface area contributed by atoms with Gasteiger partial charge in [-0.05, 0) is 37.1 Å². The average molecular weight is 639 g/mol. The van der Waals surface area contributed by atoms with Crippen molar-refractivity contribution >= 4 is 45.0 Å². The van der Waals surface area contributed by atoms with Crippen LogP contribution in [0.4, 0.5) is 11.4 Å². The molecule has 4 heterocycles. The van der Waals surface area contributed by atoms with Gasteiger partial charge < -0.3 is 30.0 Å². The van der Waals surface area contributed by atoms with Crippen LogP contribution in [0.1, 0.15) is 60.8 Å². The lowest BCUT2D eigenvalue weighted by atomic mass is 9.87. The van der Waals surface area contributed by atoms with Crippen LogP contribution in [-0.2, 0) is 20.8 Å². The number of fused-ring (bicyclic) bond motifs is 4. The first-order chi connectivity index (χ1) is 23.4. The zero-order chi connectivity index (χ0) is 32.9. The second-order valence-electron chi connectivity index (χ2n) is 13.0. The third-order valence-electron chi connectivity index (χ3n) is 10.3. The number of aromatic amines is 2. The van der Waals surface area contributed by atoms with Crippen LogP contribution in [0.25, 0.3) is 21.8 Å². The minimum absolute atomic E-state index is 0.309. The Kier molecular flexibility index (Phi) is 7.42. The number of hydrogen-bond donors (Lipinski definition) is 4. The fourth-order valence-corrected chi connectivity index (χ4v) is 7.82. The quantitative estimate of drug-likeness (QED) is 0.116. The zero-order valence-electron chi connectivity index (χ0n) is 26.7. The Morgan fingerprint density at radius 1 is 0.479 bits per heavy atom. The number of carbonyl (C=O) groups excluding carboxylic acids is 2. The molecule has 2 aliphatic rings. The van der Waals surface area contributed by atoms with Gasteiger partial charge in [-0.25, -0.2) is 0 Å². The molecule has 8 heteroatoms. The van der Waals surface area contributed by atoms with Gasteiger partial charge in [-0.3, -0.25) is 9.59 Å². The van der Waals surface area contributed by atoms with E-state index in [0.717, 1.165) is 71.7 Å². The second-order valence-corrected chi connectivity index (χ2v) is 13.0. The normalized spacial score (nSPS) is 20.3. The van der Waals surface area contributed by atoms with E-state index in [-0.39, 0.29) is 11.8 Å². The van der Waals surface area contributed by atoms with Crippen LogP contribution in [-0.4, -0.2) is 45.1 Å². The van der Waals surface area contributed by atoms with Gasteiger partial charge in [-0.15, -0.1) is 0 Å². The zero-order valence-corrected chi connectivity index (χ0v) is 26.7. The highest BCUT2D eigenvalue weighted by molar-refractivity contribution is 6.12. The number of H-pyrrole nitrogens is 2. The summed E-state index contributed by atoms with van der Waals surface area (Å²) in [5.41, 5.74) is 2.22. The van der Waals surface area contributed by atoms with E-state index in [2.05, 4.69) is 9.97 Å². The Labute approximate surface area is 278 Å². The predicted molar refractivity (Wildman–Crippen MR) is 188 cm³/mol. The average Bonchev–Trinajstić information content (AvgIpc) is 3.86. The van der Waals surface area contributed by atoms with Gasteiger partial charge >= 0.3 is 0 Å². The molecule has 0 fully saturated rings. The minimum atomic E-state index is -1.73. The van der Waals surface area contributed by atoms with Crippen LogP contribution in [0, 0.1) is 0 Å². The van der Waals surface area contributed by atoms with Gasteiger partial charge in [-0.1, -0.05) is 98.5 Å². The maximum absolute atomic E-state index is 13.9. The van der Waals surface area contributed by atoms with E-state index in [1.165, 1.54) is 0 Å². The number of carbonyl (C=O) groups is 2. The fourth-order valence-electron chi connectivity index (χ4n) is 7.82. The maximum Gasteiger partial charge on any atom is 0.268 e. The number of nitrogens with one attached hydrogen (secondary N) is 2. The van der Waals surface area contributed by atoms with Crippen molar-refractivity contribution in [2.45, 2.75) is 49.7 Å². The van der Waals surface area contributed by atoms with Gasteiger partial charge in [0.15, 0.2) is 11.2 Å². The lowest BCUT2D eigenvalue weighted by Crippen LogP contribution is -2.41. The lowest BCUT2D eigenvalue weighted by molar-refractivity contribution is -0.132. The number of para-hydroxylation sites is 4. The number of nitrogens with zero attached hydrogens (tertiary/aromatic N) is 2. The van der Waals surface area contributed by atoms with Crippen LogP contribution in [0.15, 0.2) is 109 Å². The summed E-state index contributed by atoms with van der Waals surface area (Å²) in [5, 5.41) is 25.7. The molecule has 8 rings (SSSR count). The predicted octanol–water partition coefficient (Wildman–Crippen LogP) is 6.86. The van der Waals surface area contributed by atoms with E-state index in [1.807, 2.05) is 97.1 Å². The van der Waals surface area contributed by atoms with Crippen LogP contribution in [0.3, 0.4) is 0 Å². The molecule has 8 nitrogen and oxygen atoms in total. The standard InChI is InChI=1S/C40H38N4O4/c45-37-39(47,31-25-41-33-19-9-5-15-27(31)33)29-17-7-11-21-35(29)43(37)23-13-3-1-2-4-14-24-44-36-22-12-8-18-30(36)40(48,38(44)46)32-26-42-34-20-10-6-16-28(32)34/h5-12,15-22,25-26,41-42,47-48H,1-4,13-14,23-24H2. The topological polar surface area (TPSA) is 113 Å². The monoisotopic (exact) mass is 638 g/mol. The number of benzene rings is 4. The number of amides is 2. The first-order valence-electron chi connectivity index (χ1n) is 16.8. The summed E-state index contributed by atoms with van der Waals surface area (Å²) in [4.78, 5) is 37.6. The summed E-state index contributed by atoms with van der Waals surface area (Å²) in [5.74, 6) is -0.617. The molecule has 4 N–H and O–H groups in total. The Hall–Kier alpha value is -5.18. The summed E-state index contributed by atoms with van der Waals surface area (Å²) >= 11 is 0. The highest BCUT2D eigenvalue weighted by Crippen LogP contribution is 2.47. The number of unbranched alkanes of at least 4 members (excludes halogenated alkanes) is 5. The molecule has 2 unspecified atom stereocenters. The summed E-state index contributed by atoms with van der Waals surface area (Å²) in [7, 11) is 0. The van der Waals surface area contributed by atoms with E-state index >= 15 is 0 Å². The molecular weight excluding hydrogens is 600 g/mol. The maximum atomic E-state index is 13.9. The first kappa shape index (κ1) is 30.2. The molecule has 0 radical (unpaired) electrons. The van der Waals surface area contributed by atoms with Crippen molar-refractivity contribution in [1.82, 2.24) is 9.97 Å². The molecule has 0 spiro atoms. The molecule has 0 saturated heterocycles. The van der Waals surface area contributed by atoms with Crippen LogP contribution in [0.5, 0.6) is 0 Å². The Bertz CT molecular complexity index is 2010. The Balaban J connectivity index is 0.870. The Morgan fingerprint density at radius 3 is 1.31 bits per heavy atom.